The monoisotopic (exact) mass is 398 g/mol. The summed E-state index contributed by atoms with van der Waals surface area (Å²) < 4.78 is 6.05. The van der Waals surface area contributed by atoms with Crippen LogP contribution in [-0.2, 0) is 4.74 Å². The van der Waals surface area contributed by atoms with E-state index in [0.29, 0.717) is 22.0 Å². The first kappa shape index (κ1) is 19.7. The summed E-state index contributed by atoms with van der Waals surface area (Å²) in [6.07, 6.45) is 5.61. The van der Waals surface area contributed by atoms with Crippen molar-refractivity contribution >= 4 is 17.5 Å². The van der Waals surface area contributed by atoms with E-state index in [1.165, 1.54) is 25.1 Å². The first-order valence-corrected chi connectivity index (χ1v) is 9.12. The van der Waals surface area contributed by atoms with Crippen LogP contribution in [0.3, 0.4) is 0 Å². The molecule has 144 valence electrons. The Morgan fingerprint density at radius 2 is 1.86 bits per heavy atom. The van der Waals surface area contributed by atoms with Gasteiger partial charge in [0.1, 0.15) is 5.56 Å². The van der Waals surface area contributed by atoms with Gasteiger partial charge in [0.05, 0.1) is 17.6 Å². The van der Waals surface area contributed by atoms with Crippen molar-refractivity contribution in [1.82, 2.24) is 14.8 Å². The fraction of sp³-hybridized carbons (Fsp3) is 0.200. The molecule has 1 aliphatic rings. The minimum absolute atomic E-state index is 0.145. The Bertz CT molecular complexity index is 993. The van der Waals surface area contributed by atoms with Gasteiger partial charge >= 0.3 is 0 Å². The lowest BCUT2D eigenvalue weighted by molar-refractivity contribution is 0.0998. The number of benzene rings is 1. The number of nitrogens with zero attached hydrogens (tertiary/aromatic N) is 3. The van der Waals surface area contributed by atoms with Gasteiger partial charge in [0.25, 0.3) is 11.5 Å². The van der Waals surface area contributed by atoms with E-state index < -0.39 is 11.5 Å². The van der Waals surface area contributed by atoms with E-state index in [2.05, 4.69) is 10.1 Å². The largest absolute Gasteiger partial charge is 0.381 e. The minimum atomic E-state index is -0.815. The van der Waals surface area contributed by atoms with Crippen LogP contribution in [0.2, 0.25) is 5.02 Å². The van der Waals surface area contributed by atoms with Crippen molar-refractivity contribution in [2.24, 2.45) is 5.73 Å². The van der Waals surface area contributed by atoms with Crippen molar-refractivity contribution in [3.8, 4) is 16.9 Å². The zero-order valence-corrected chi connectivity index (χ0v) is 15.8. The van der Waals surface area contributed by atoms with Crippen LogP contribution in [0.1, 0.15) is 23.2 Å². The number of ether oxygens (including phenoxy) is 1. The number of amides is 1. The zero-order valence-electron chi connectivity index (χ0n) is 15.0. The fourth-order valence-electron chi connectivity index (χ4n) is 2.60. The third-order valence-corrected chi connectivity index (χ3v) is 4.29. The van der Waals surface area contributed by atoms with Gasteiger partial charge in [-0.05, 0) is 43.2 Å². The fourth-order valence-corrected chi connectivity index (χ4v) is 2.72. The molecule has 1 saturated heterocycles. The summed E-state index contributed by atoms with van der Waals surface area (Å²) in [5.41, 5.74) is 6.15. The van der Waals surface area contributed by atoms with E-state index >= 15 is 0 Å². The van der Waals surface area contributed by atoms with E-state index in [4.69, 9.17) is 22.1 Å². The van der Waals surface area contributed by atoms with E-state index in [9.17, 15) is 9.59 Å². The van der Waals surface area contributed by atoms with Crippen molar-refractivity contribution in [1.29, 1.82) is 0 Å². The number of halogens is 1. The van der Waals surface area contributed by atoms with Crippen LogP contribution in [0.5, 0.6) is 0 Å². The topological polar surface area (TPSA) is 100 Å². The van der Waals surface area contributed by atoms with E-state index in [0.717, 1.165) is 17.9 Å². The van der Waals surface area contributed by atoms with Crippen molar-refractivity contribution in [2.45, 2.75) is 12.8 Å². The van der Waals surface area contributed by atoms with Gasteiger partial charge in [-0.2, -0.15) is 9.78 Å². The average Bonchev–Trinajstić information content (AvgIpc) is 3.29. The van der Waals surface area contributed by atoms with Crippen LogP contribution in [0, 0.1) is 0 Å². The first-order valence-electron chi connectivity index (χ1n) is 8.74. The standard InChI is InChI=1S/C16H11ClN4O2.C4H8O/c17-11-5-3-10(4-6-11)14-8-13(15(18)22)16(23)21(20-14)12-2-1-7-19-9-12;1-2-4-5-3-1/h1-9H,(H2,18,22);1-4H2. The molecule has 0 bridgehead atoms. The molecule has 0 saturated carbocycles. The Kier molecular flexibility index (Phi) is 6.52. The Labute approximate surface area is 166 Å². The van der Waals surface area contributed by atoms with Gasteiger partial charge in [0.2, 0.25) is 0 Å². The molecular weight excluding hydrogens is 380 g/mol. The highest BCUT2D eigenvalue weighted by Crippen LogP contribution is 2.20. The lowest BCUT2D eigenvalue weighted by atomic mass is 10.1. The summed E-state index contributed by atoms with van der Waals surface area (Å²) in [6.45, 7) is 2.00. The number of rotatable bonds is 3. The summed E-state index contributed by atoms with van der Waals surface area (Å²) in [6, 6.07) is 11.6. The summed E-state index contributed by atoms with van der Waals surface area (Å²) in [7, 11) is 0. The van der Waals surface area contributed by atoms with Crippen LogP contribution in [0.15, 0.2) is 59.7 Å². The highest BCUT2D eigenvalue weighted by molar-refractivity contribution is 6.30. The Balaban J connectivity index is 0.000000391. The minimum Gasteiger partial charge on any atom is -0.381 e. The molecule has 28 heavy (non-hydrogen) atoms. The second-order valence-electron chi connectivity index (χ2n) is 6.06. The van der Waals surface area contributed by atoms with Gasteiger partial charge in [-0.25, -0.2) is 0 Å². The van der Waals surface area contributed by atoms with E-state index in [1.807, 2.05) is 0 Å². The predicted octanol–water partition coefficient (Wildman–Crippen LogP) is 2.84. The van der Waals surface area contributed by atoms with Gasteiger partial charge in [0, 0.05) is 30.0 Å². The number of nitrogens with two attached hydrogens (primary N) is 1. The van der Waals surface area contributed by atoms with E-state index in [1.54, 1.807) is 42.6 Å². The van der Waals surface area contributed by atoms with Crippen LogP contribution < -0.4 is 11.3 Å². The molecule has 3 heterocycles. The number of aromatic nitrogens is 3. The van der Waals surface area contributed by atoms with Crippen molar-refractivity contribution in [3.63, 3.8) is 0 Å². The summed E-state index contributed by atoms with van der Waals surface area (Å²) in [5.74, 6) is -0.815. The molecule has 0 spiro atoms. The van der Waals surface area contributed by atoms with E-state index in [-0.39, 0.29) is 5.56 Å². The van der Waals surface area contributed by atoms with Crippen LogP contribution in [0.25, 0.3) is 16.9 Å². The molecular formula is C20H19ClN4O3. The smallest absolute Gasteiger partial charge is 0.284 e. The van der Waals surface area contributed by atoms with Gasteiger partial charge in [-0.1, -0.05) is 23.7 Å². The molecule has 7 nitrogen and oxygen atoms in total. The number of hydrogen-bond donors (Lipinski definition) is 1. The molecule has 1 aliphatic heterocycles. The van der Waals surface area contributed by atoms with Crippen LogP contribution in [-0.4, -0.2) is 33.9 Å². The Morgan fingerprint density at radius 3 is 2.39 bits per heavy atom. The summed E-state index contributed by atoms with van der Waals surface area (Å²) in [4.78, 5) is 27.9. The Morgan fingerprint density at radius 1 is 1.14 bits per heavy atom. The van der Waals surface area contributed by atoms with Crippen molar-refractivity contribution in [3.05, 3.63) is 75.8 Å². The molecule has 8 heteroatoms. The van der Waals surface area contributed by atoms with Crippen molar-refractivity contribution < 1.29 is 9.53 Å². The first-order chi connectivity index (χ1) is 13.6. The zero-order chi connectivity index (χ0) is 19.9. The highest BCUT2D eigenvalue weighted by atomic mass is 35.5. The molecule has 2 N–H and O–H groups in total. The second kappa shape index (κ2) is 9.25. The molecule has 4 rings (SSSR count). The molecule has 0 unspecified atom stereocenters. The van der Waals surface area contributed by atoms with Gasteiger partial charge in [-0.15, -0.1) is 0 Å². The lowest BCUT2D eigenvalue weighted by Gasteiger charge is -2.09. The molecule has 0 radical (unpaired) electrons. The normalized spacial score (nSPS) is 12.9. The molecule has 2 aromatic heterocycles. The maximum absolute atomic E-state index is 12.4. The quantitative estimate of drug-likeness (QED) is 0.731. The SMILES string of the molecule is C1CCOC1.NC(=O)c1cc(-c2ccc(Cl)cc2)nn(-c2cccnc2)c1=O. The number of hydrogen-bond acceptors (Lipinski definition) is 5. The van der Waals surface area contributed by atoms with Gasteiger partial charge in [0.15, 0.2) is 0 Å². The van der Waals surface area contributed by atoms with Crippen molar-refractivity contribution in [2.75, 3.05) is 13.2 Å². The molecule has 0 aliphatic carbocycles. The number of carbonyl (C=O) groups is 1. The summed E-state index contributed by atoms with van der Waals surface area (Å²) in [5, 5.41) is 4.87. The predicted molar refractivity (Wildman–Crippen MR) is 107 cm³/mol. The van der Waals surface area contributed by atoms with Gasteiger partial charge < -0.3 is 10.5 Å². The number of carbonyl (C=O) groups excluding carboxylic acids is 1. The molecule has 1 fully saturated rings. The molecule has 3 aromatic rings. The van der Waals surface area contributed by atoms with Crippen LogP contribution in [0.4, 0.5) is 0 Å². The molecule has 0 atom stereocenters. The van der Waals surface area contributed by atoms with Crippen LogP contribution >= 0.6 is 11.6 Å². The Hall–Kier alpha value is -3.03. The third kappa shape index (κ3) is 4.82. The molecule has 1 aromatic carbocycles. The maximum atomic E-state index is 12.4. The number of primary amides is 1. The van der Waals surface area contributed by atoms with Gasteiger partial charge in [-0.3, -0.25) is 14.6 Å². The number of pyridine rings is 1. The maximum Gasteiger partial charge on any atom is 0.284 e. The third-order valence-electron chi connectivity index (χ3n) is 4.03. The average molecular weight is 399 g/mol. The molecule has 1 amide bonds. The second-order valence-corrected chi connectivity index (χ2v) is 6.50. The highest BCUT2D eigenvalue weighted by Gasteiger charge is 2.15. The lowest BCUT2D eigenvalue weighted by Crippen LogP contribution is -2.30. The summed E-state index contributed by atoms with van der Waals surface area (Å²) >= 11 is 5.88.